The molecule has 2 aromatic carbocycles. The number of nitrogens with two attached hydrogens (primary N) is 1. The van der Waals surface area contributed by atoms with Gasteiger partial charge >= 0.3 is 0 Å². The molecule has 0 aliphatic heterocycles. The van der Waals surface area contributed by atoms with Gasteiger partial charge < -0.3 is 35.5 Å². The van der Waals surface area contributed by atoms with E-state index >= 15 is 0 Å². The van der Waals surface area contributed by atoms with Crippen molar-refractivity contribution in [2.75, 3.05) is 26.3 Å². The summed E-state index contributed by atoms with van der Waals surface area (Å²) in [6, 6.07) is 13.2. The number of ether oxygens (including phenoxy) is 3. The standard InChI is InChI=1S/C20H26N2O6/c1-14(20(21)25)28-19-8-6-17(7-9-19)26-11-10-22-12-16(24)13-27-18-4-2-15(23)3-5-18/h2-9,14,16,22-24H,10-13H2,1H3,(H2,21,25). The molecule has 0 fully saturated rings. The summed E-state index contributed by atoms with van der Waals surface area (Å²) in [6.07, 6.45) is -1.36. The molecule has 0 saturated carbocycles. The first-order valence-corrected chi connectivity index (χ1v) is 8.93. The molecule has 2 aromatic rings. The molecule has 0 spiro atoms. The number of hydrogen-bond donors (Lipinski definition) is 4. The maximum Gasteiger partial charge on any atom is 0.258 e. The van der Waals surface area contributed by atoms with Crippen molar-refractivity contribution < 1.29 is 29.2 Å². The van der Waals surface area contributed by atoms with Crippen LogP contribution in [0, 0.1) is 0 Å². The third-order valence-corrected chi connectivity index (χ3v) is 3.74. The maximum absolute atomic E-state index is 11.0. The van der Waals surface area contributed by atoms with E-state index in [0.717, 1.165) is 0 Å². The Hall–Kier alpha value is -2.97. The summed E-state index contributed by atoms with van der Waals surface area (Å²) in [5.74, 6) is 1.42. The molecule has 28 heavy (non-hydrogen) atoms. The van der Waals surface area contributed by atoms with E-state index in [-0.39, 0.29) is 12.4 Å². The van der Waals surface area contributed by atoms with E-state index in [2.05, 4.69) is 5.32 Å². The van der Waals surface area contributed by atoms with Crippen LogP contribution in [0.1, 0.15) is 6.92 Å². The lowest BCUT2D eigenvalue weighted by Crippen LogP contribution is -2.33. The quantitative estimate of drug-likeness (QED) is 0.400. The Balaban J connectivity index is 1.58. The monoisotopic (exact) mass is 390 g/mol. The van der Waals surface area contributed by atoms with E-state index in [1.54, 1.807) is 43.3 Å². The molecule has 0 aliphatic carbocycles. The smallest absolute Gasteiger partial charge is 0.258 e. The van der Waals surface area contributed by atoms with Crippen LogP contribution in [0.4, 0.5) is 0 Å². The molecule has 8 heteroatoms. The highest BCUT2D eigenvalue weighted by molar-refractivity contribution is 5.78. The molecular formula is C20H26N2O6. The summed E-state index contributed by atoms with van der Waals surface area (Å²) in [6.45, 7) is 3.06. The van der Waals surface area contributed by atoms with Crippen molar-refractivity contribution in [2.24, 2.45) is 5.73 Å². The van der Waals surface area contributed by atoms with Crippen LogP contribution in [-0.2, 0) is 4.79 Å². The van der Waals surface area contributed by atoms with Crippen molar-refractivity contribution in [1.82, 2.24) is 5.32 Å². The fourth-order valence-electron chi connectivity index (χ4n) is 2.18. The lowest BCUT2D eigenvalue weighted by Gasteiger charge is -2.14. The summed E-state index contributed by atoms with van der Waals surface area (Å²) in [5, 5.41) is 22.2. The lowest BCUT2D eigenvalue weighted by molar-refractivity contribution is -0.123. The van der Waals surface area contributed by atoms with E-state index in [1.807, 2.05) is 0 Å². The fraction of sp³-hybridized carbons (Fsp3) is 0.350. The number of hydrogen-bond acceptors (Lipinski definition) is 7. The number of phenols is 1. The number of carbonyl (C=O) groups is 1. The minimum atomic E-state index is -0.694. The number of primary amides is 1. The molecule has 0 heterocycles. The van der Waals surface area contributed by atoms with Gasteiger partial charge in [-0.3, -0.25) is 4.79 Å². The fourth-order valence-corrected chi connectivity index (χ4v) is 2.18. The number of aliphatic hydroxyl groups is 1. The van der Waals surface area contributed by atoms with Crippen molar-refractivity contribution in [3.05, 3.63) is 48.5 Å². The van der Waals surface area contributed by atoms with Crippen LogP contribution in [-0.4, -0.2) is 54.6 Å². The van der Waals surface area contributed by atoms with Crippen LogP contribution in [0.3, 0.4) is 0 Å². The molecule has 0 aromatic heterocycles. The number of aliphatic hydroxyl groups excluding tert-OH is 1. The third kappa shape index (κ3) is 7.73. The van der Waals surface area contributed by atoms with Crippen LogP contribution >= 0.6 is 0 Å². The number of carbonyl (C=O) groups excluding carboxylic acids is 1. The van der Waals surface area contributed by atoms with Crippen molar-refractivity contribution in [3.63, 3.8) is 0 Å². The summed E-state index contributed by atoms with van der Waals surface area (Å²) < 4.78 is 16.4. The topological polar surface area (TPSA) is 123 Å². The SMILES string of the molecule is CC(Oc1ccc(OCCNCC(O)COc2ccc(O)cc2)cc1)C(N)=O. The zero-order valence-electron chi connectivity index (χ0n) is 15.7. The number of phenolic OH excluding ortho intramolecular Hbond substituents is 1. The molecule has 1 amide bonds. The zero-order valence-corrected chi connectivity index (χ0v) is 15.7. The number of amides is 1. The van der Waals surface area contributed by atoms with E-state index in [1.165, 1.54) is 12.1 Å². The Bertz CT molecular complexity index is 720. The van der Waals surface area contributed by atoms with Crippen LogP contribution in [0.15, 0.2) is 48.5 Å². The first-order valence-electron chi connectivity index (χ1n) is 8.93. The number of nitrogens with one attached hydrogen (secondary N) is 1. The highest BCUT2D eigenvalue weighted by atomic mass is 16.5. The van der Waals surface area contributed by atoms with E-state index < -0.39 is 18.1 Å². The lowest BCUT2D eigenvalue weighted by atomic mass is 10.3. The van der Waals surface area contributed by atoms with Crippen molar-refractivity contribution >= 4 is 5.91 Å². The Kier molecular flexibility index (Phi) is 8.38. The van der Waals surface area contributed by atoms with Crippen LogP contribution in [0.2, 0.25) is 0 Å². The van der Waals surface area contributed by atoms with Gasteiger partial charge in [-0.05, 0) is 55.5 Å². The van der Waals surface area contributed by atoms with Crippen molar-refractivity contribution in [2.45, 2.75) is 19.1 Å². The average molecular weight is 390 g/mol. The highest BCUT2D eigenvalue weighted by Crippen LogP contribution is 2.18. The molecule has 2 rings (SSSR count). The van der Waals surface area contributed by atoms with E-state index in [0.29, 0.717) is 36.9 Å². The van der Waals surface area contributed by atoms with Gasteiger partial charge in [-0.2, -0.15) is 0 Å². The molecule has 2 atom stereocenters. The summed E-state index contributed by atoms with van der Waals surface area (Å²) in [7, 11) is 0. The van der Waals surface area contributed by atoms with Crippen LogP contribution in [0.25, 0.3) is 0 Å². The molecule has 0 bridgehead atoms. The van der Waals surface area contributed by atoms with Gasteiger partial charge in [0.05, 0.1) is 0 Å². The summed E-state index contributed by atoms with van der Waals surface area (Å²) >= 11 is 0. The van der Waals surface area contributed by atoms with E-state index in [4.69, 9.17) is 19.9 Å². The van der Waals surface area contributed by atoms with Crippen LogP contribution < -0.4 is 25.3 Å². The van der Waals surface area contributed by atoms with Gasteiger partial charge in [-0.25, -0.2) is 0 Å². The largest absolute Gasteiger partial charge is 0.508 e. The second-order valence-corrected chi connectivity index (χ2v) is 6.15. The van der Waals surface area contributed by atoms with Gasteiger partial charge in [0.25, 0.3) is 5.91 Å². The number of benzene rings is 2. The van der Waals surface area contributed by atoms with Gasteiger partial charge in [-0.1, -0.05) is 0 Å². The minimum Gasteiger partial charge on any atom is -0.508 e. The molecule has 0 saturated heterocycles. The Morgan fingerprint density at radius 1 is 1.04 bits per heavy atom. The van der Waals surface area contributed by atoms with Gasteiger partial charge in [0.2, 0.25) is 0 Å². The Morgan fingerprint density at radius 3 is 2.25 bits per heavy atom. The van der Waals surface area contributed by atoms with Crippen molar-refractivity contribution in [3.8, 4) is 23.0 Å². The Labute approximate surface area is 163 Å². The summed E-state index contributed by atoms with van der Waals surface area (Å²) in [4.78, 5) is 11.0. The van der Waals surface area contributed by atoms with E-state index in [9.17, 15) is 15.0 Å². The third-order valence-electron chi connectivity index (χ3n) is 3.74. The summed E-state index contributed by atoms with van der Waals surface area (Å²) in [5.41, 5.74) is 5.15. The van der Waals surface area contributed by atoms with Gasteiger partial charge in [-0.15, -0.1) is 0 Å². The maximum atomic E-state index is 11.0. The average Bonchev–Trinajstić information content (AvgIpc) is 2.68. The number of rotatable bonds is 12. The predicted molar refractivity (Wildman–Crippen MR) is 104 cm³/mol. The Morgan fingerprint density at radius 2 is 1.61 bits per heavy atom. The molecule has 2 unspecified atom stereocenters. The van der Waals surface area contributed by atoms with Gasteiger partial charge in [0.15, 0.2) is 6.10 Å². The molecule has 152 valence electrons. The second kappa shape index (κ2) is 11.0. The van der Waals surface area contributed by atoms with Gasteiger partial charge in [0.1, 0.15) is 42.3 Å². The minimum absolute atomic E-state index is 0.143. The molecule has 8 nitrogen and oxygen atoms in total. The zero-order chi connectivity index (χ0) is 20.4. The van der Waals surface area contributed by atoms with Gasteiger partial charge in [0, 0.05) is 13.1 Å². The molecular weight excluding hydrogens is 364 g/mol. The molecule has 5 N–H and O–H groups in total. The van der Waals surface area contributed by atoms with Crippen LogP contribution in [0.5, 0.6) is 23.0 Å². The van der Waals surface area contributed by atoms with Crippen molar-refractivity contribution in [1.29, 1.82) is 0 Å². The first-order chi connectivity index (χ1) is 13.4. The normalized spacial score (nSPS) is 12.8. The second-order valence-electron chi connectivity index (χ2n) is 6.15. The predicted octanol–water partition coefficient (Wildman–Crippen LogP) is 1.05. The highest BCUT2D eigenvalue weighted by Gasteiger charge is 2.10. The molecule has 0 aliphatic rings. The first kappa shape index (κ1) is 21.3. The number of aromatic hydroxyl groups is 1. The molecule has 0 radical (unpaired) electrons.